The number of nitriles is 1. The lowest BCUT2D eigenvalue weighted by Crippen LogP contribution is -2.38. The van der Waals surface area contributed by atoms with E-state index in [0.717, 1.165) is 18.8 Å². The van der Waals surface area contributed by atoms with Gasteiger partial charge < -0.3 is 10.6 Å². The molecule has 1 aromatic heterocycles. The third-order valence-corrected chi connectivity index (χ3v) is 8.02. The Hall–Kier alpha value is -3.12. The highest BCUT2D eigenvalue weighted by molar-refractivity contribution is 7.99. The van der Waals surface area contributed by atoms with Gasteiger partial charge in [-0.25, -0.2) is 9.97 Å². The molecule has 0 atom stereocenters. The van der Waals surface area contributed by atoms with Crippen LogP contribution in [0.3, 0.4) is 0 Å². The zero-order valence-corrected chi connectivity index (χ0v) is 22.2. The highest BCUT2D eigenvalue weighted by atomic mass is 35.5. The number of para-hydroxylation sites is 1. The quantitative estimate of drug-likeness (QED) is 0.424. The van der Waals surface area contributed by atoms with Crippen LogP contribution in [0.5, 0.6) is 0 Å². The molecule has 3 heterocycles. The number of hydrogen-bond donors (Lipinski definition) is 2. The van der Waals surface area contributed by atoms with E-state index < -0.39 is 5.41 Å². The summed E-state index contributed by atoms with van der Waals surface area (Å²) < 4.78 is 0. The largest absolute Gasteiger partial charge is 0.324 e. The van der Waals surface area contributed by atoms with Crippen molar-refractivity contribution in [3.8, 4) is 6.07 Å². The van der Waals surface area contributed by atoms with Gasteiger partial charge in [-0.2, -0.15) is 5.26 Å². The number of nitrogens with one attached hydrogen (secondary N) is 2. The number of thioether (sulfide) groups is 1. The van der Waals surface area contributed by atoms with Gasteiger partial charge in [0, 0.05) is 30.4 Å². The summed E-state index contributed by atoms with van der Waals surface area (Å²) in [7, 11) is 0. The predicted molar refractivity (Wildman–Crippen MR) is 144 cm³/mol. The molecule has 0 aliphatic carbocycles. The van der Waals surface area contributed by atoms with Crippen LogP contribution in [0, 0.1) is 11.3 Å². The topological polar surface area (TPSA) is 93.9 Å². The summed E-state index contributed by atoms with van der Waals surface area (Å²) in [6, 6.07) is 14.0. The second kappa shape index (κ2) is 9.07. The average Bonchev–Trinajstić information content (AvgIpc) is 2.84. The summed E-state index contributed by atoms with van der Waals surface area (Å²) in [4.78, 5) is 24.2. The monoisotopic (exact) mass is 518 g/mol. The van der Waals surface area contributed by atoms with E-state index in [9.17, 15) is 10.1 Å². The van der Waals surface area contributed by atoms with Gasteiger partial charge in [-0.05, 0) is 48.7 Å². The van der Waals surface area contributed by atoms with E-state index in [0.29, 0.717) is 38.7 Å². The van der Waals surface area contributed by atoms with Crippen molar-refractivity contribution >= 4 is 46.6 Å². The Kier molecular flexibility index (Phi) is 6.19. The molecule has 1 amide bonds. The molecule has 2 aliphatic rings. The van der Waals surface area contributed by atoms with Gasteiger partial charge in [0.25, 0.3) is 5.91 Å². The first kappa shape index (κ1) is 24.6. The summed E-state index contributed by atoms with van der Waals surface area (Å²) in [5.74, 6) is 0.537. The Morgan fingerprint density at radius 1 is 1.28 bits per heavy atom. The number of carbonyl (C=O) groups is 1. The summed E-state index contributed by atoms with van der Waals surface area (Å²) in [6.07, 6.45) is 1.56. The van der Waals surface area contributed by atoms with Crippen LogP contribution in [0.1, 0.15) is 54.7 Å². The van der Waals surface area contributed by atoms with Crippen molar-refractivity contribution < 1.29 is 4.79 Å². The molecule has 9 heteroatoms. The molecule has 3 aromatic rings. The van der Waals surface area contributed by atoms with Crippen molar-refractivity contribution in [2.24, 2.45) is 0 Å². The smallest absolute Gasteiger partial charge is 0.263 e. The number of carbonyl (C=O) groups excluding carboxylic acids is 1. The molecule has 0 fully saturated rings. The number of rotatable bonds is 4. The maximum Gasteiger partial charge on any atom is 0.263 e. The summed E-state index contributed by atoms with van der Waals surface area (Å²) in [6.45, 7) is 9.88. The Labute approximate surface area is 220 Å². The van der Waals surface area contributed by atoms with Crippen LogP contribution in [-0.4, -0.2) is 28.3 Å². The van der Waals surface area contributed by atoms with Crippen molar-refractivity contribution in [1.82, 2.24) is 15.3 Å². The van der Waals surface area contributed by atoms with E-state index in [4.69, 9.17) is 11.6 Å². The van der Waals surface area contributed by atoms with Crippen LogP contribution in [-0.2, 0) is 17.4 Å². The standard InChI is InChI=1S/C27H27ClN6OS/c1-26(2,13-29)20-6-5-7-21(28)22(20)34-15-36-23-18(24(34)35)12-31-25(33-23)32-17-8-9-19-16(10-17)11-30-14-27(19,3)4/h5-10,12,30H,11,14-15H2,1-4H3,(H,31,32,33). The van der Waals surface area contributed by atoms with Gasteiger partial charge >= 0.3 is 0 Å². The zero-order chi connectivity index (χ0) is 25.7. The van der Waals surface area contributed by atoms with Gasteiger partial charge in [0.05, 0.1) is 33.6 Å². The first-order valence-corrected chi connectivity index (χ1v) is 13.1. The number of halogens is 1. The van der Waals surface area contributed by atoms with Crippen molar-refractivity contribution in [3.05, 3.63) is 69.9 Å². The molecule has 184 valence electrons. The number of amides is 1. The number of aromatic nitrogens is 2. The fraction of sp³-hybridized carbons (Fsp3) is 0.333. The third kappa shape index (κ3) is 4.32. The van der Waals surface area contributed by atoms with Crippen molar-refractivity contribution in [3.63, 3.8) is 0 Å². The molecule has 0 saturated heterocycles. The van der Waals surface area contributed by atoms with Gasteiger partial charge in [0.15, 0.2) is 0 Å². The molecule has 2 aliphatic heterocycles. The van der Waals surface area contributed by atoms with Gasteiger partial charge in [-0.15, -0.1) is 0 Å². The SMILES string of the molecule is CC(C)(C#N)c1cccc(Cl)c1N1CSc2nc(Nc3ccc4c(c3)CNCC4(C)C)ncc2C1=O. The van der Waals surface area contributed by atoms with Crippen LogP contribution in [0.15, 0.2) is 47.6 Å². The molecule has 5 rings (SSSR count). The minimum absolute atomic E-state index is 0.0846. The zero-order valence-electron chi connectivity index (χ0n) is 20.6. The predicted octanol–water partition coefficient (Wildman–Crippen LogP) is 5.77. The van der Waals surface area contributed by atoms with Crippen LogP contribution >= 0.6 is 23.4 Å². The first-order chi connectivity index (χ1) is 17.1. The number of anilines is 3. The fourth-order valence-corrected chi connectivity index (χ4v) is 5.97. The molecular formula is C27H27ClN6OS. The molecule has 7 nitrogen and oxygen atoms in total. The molecule has 0 spiro atoms. The normalized spacial score (nSPS) is 16.7. The lowest BCUT2D eigenvalue weighted by Gasteiger charge is -2.33. The van der Waals surface area contributed by atoms with Crippen molar-refractivity contribution in [1.29, 1.82) is 5.26 Å². The number of hydrogen-bond acceptors (Lipinski definition) is 7. The highest BCUT2D eigenvalue weighted by Gasteiger charge is 2.34. The number of nitrogens with zero attached hydrogens (tertiary/aromatic N) is 4. The Balaban J connectivity index is 1.42. The molecule has 0 bridgehead atoms. The van der Waals surface area contributed by atoms with Crippen LogP contribution in [0.4, 0.5) is 17.3 Å². The minimum atomic E-state index is -0.810. The summed E-state index contributed by atoms with van der Waals surface area (Å²) in [5, 5.41) is 17.5. The van der Waals surface area contributed by atoms with Crippen molar-refractivity contribution in [2.75, 3.05) is 22.6 Å². The van der Waals surface area contributed by atoms with Gasteiger partial charge in [-0.3, -0.25) is 9.69 Å². The Morgan fingerprint density at radius 3 is 2.86 bits per heavy atom. The molecule has 36 heavy (non-hydrogen) atoms. The number of fused-ring (bicyclic) bond motifs is 2. The second-order valence-corrected chi connectivity index (χ2v) is 11.6. The maximum absolute atomic E-state index is 13.5. The van der Waals surface area contributed by atoms with E-state index in [-0.39, 0.29) is 11.3 Å². The summed E-state index contributed by atoms with van der Waals surface area (Å²) >= 11 is 7.98. The molecule has 2 aromatic carbocycles. The molecule has 0 radical (unpaired) electrons. The maximum atomic E-state index is 13.5. The molecule has 0 saturated carbocycles. The van der Waals surface area contributed by atoms with Crippen LogP contribution < -0.4 is 15.5 Å². The number of benzene rings is 2. The van der Waals surface area contributed by atoms with E-state index in [1.165, 1.54) is 22.9 Å². The van der Waals surface area contributed by atoms with E-state index >= 15 is 0 Å². The lowest BCUT2D eigenvalue weighted by molar-refractivity contribution is 0.0985. The van der Waals surface area contributed by atoms with Gasteiger partial charge in [0.1, 0.15) is 5.03 Å². The molecule has 2 N–H and O–H groups in total. The molecular weight excluding hydrogens is 492 g/mol. The van der Waals surface area contributed by atoms with E-state index in [1.54, 1.807) is 23.2 Å². The average molecular weight is 519 g/mol. The van der Waals surface area contributed by atoms with Crippen molar-refractivity contribution in [2.45, 2.75) is 50.1 Å². The summed E-state index contributed by atoms with van der Waals surface area (Å²) in [5.41, 5.74) is 4.45. The van der Waals surface area contributed by atoms with E-state index in [2.05, 4.69) is 52.7 Å². The third-order valence-electron chi connectivity index (χ3n) is 6.74. The fourth-order valence-electron chi connectivity index (χ4n) is 4.75. The lowest BCUT2D eigenvalue weighted by atomic mass is 9.79. The highest BCUT2D eigenvalue weighted by Crippen LogP contribution is 2.41. The van der Waals surface area contributed by atoms with Crippen LogP contribution in [0.2, 0.25) is 5.02 Å². The minimum Gasteiger partial charge on any atom is -0.324 e. The second-order valence-electron chi connectivity index (χ2n) is 10.3. The Morgan fingerprint density at radius 2 is 2.08 bits per heavy atom. The van der Waals surface area contributed by atoms with Crippen LogP contribution in [0.25, 0.3) is 0 Å². The van der Waals surface area contributed by atoms with E-state index in [1.807, 2.05) is 26.0 Å². The molecule has 0 unspecified atom stereocenters. The van der Waals surface area contributed by atoms with Gasteiger partial charge in [0.2, 0.25) is 5.95 Å². The van der Waals surface area contributed by atoms with Gasteiger partial charge in [-0.1, -0.05) is 55.4 Å². The Bertz CT molecular complexity index is 1410. The first-order valence-electron chi connectivity index (χ1n) is 11.7.